The van der Waals surface area contributed by atoms with Crippen LogP contribution in [0, 0.1) is 0 Å². The van der Waals surface area contributed by atoms with E-state index in [1.165, 1.54) is 17.5 Å². The van der Waals surface area contributed by atoms with Crippen LogP contribution in [0.5, 0.6) is 0 Å². The highest BCUT2D eigenvalue weighted by Crippen LogP contribution is 2.41. The molecule has 1 heterocycles. The van der Waals surface area contributed by atoms with E-state index < -0.39 is 0 Å². The van der Waals surface area contributed by atoms with Crippen molar-refractivity contribution in [1.29, 1.82) is 0 Å². The van der Waals surface area contributed by atoms with Crippen LogP contribution in [0.4, 0.5) is 0 Å². The molecular formula is C16H23ClO. The minimum atomic E-state index is -0.195. The van der Waals surface area contributed by atoms with E-state index in [0.717, 1.165) is 19.4 Å². The smallest absolute Gasteiger partial charge is 0.0872 e. The fraction of sp³-hybridized carbons (Fsp3) is 0.625. The van der Waals surface area contributed by atoms with Gasteiger partial charge in [0.25, 0.3) is 0 Å². The summed E-state index contributed by atoms with van der Waals surface area (Å²) in [6.45, 7) is 7.44. The van der Waals surface area contributed by atoms with Gasteiger partial charge in [0.1, 0.15) is 0 Å². The van der Waals surface area contributed by atoms with Crippen LogP contribution in [0.2, 0.25) is 0 Å². The van der Waals surface area contributed by atoms with Gasteiger partial charge in [-0.1, -0.05) is 38.1 Å². The molecule has 1 nitrogen and oxygen atoms in total. The lowest BCUT2D eigenvalue weighted by molar-refractivity contribution is 0.0164. The molecule has 0 bridgehead atoms. The number of rotatable bonds is 4. The van der Waals surface area contributed by atoms with E-state index in [1.807, 2.05) is 0 Å². The second-order valence-corrected chi connectivity index (χ2v) is 6.04. The molecule has 2 heteroatoms. The Morgan fingerprint density at radius 3 is 2.39 bits per heavy atom. The summed E-state index contributed by atoms with van der Waals surface area (Å²) in [6.07, 6.45) is 3.34. The number of hydrogen-bond acceptors (Lipinski definition) is 1. The lowest BCUT2D eigenvalue weighted by Crippen LogP contribution is -2.28. The van der Waals surface area contributed by atoms with Gasteiger partial charge in [0.2, 0.25) is 0 Å². The van der Waals surface area contributed by atoms with Gasteiger partial charge in [-0.3, -0.25) is 0 Å². The molecule has 3 atom stereocenters. The van der Waals surface area contributed by atoms with Crippen LogP contribution in [-0.4, -0.2) is 12.2 Å². The molecule has 3 unspecified atom stereocenters. The van der Waals surface area contributed by atoms with Crippen LogP contribution in [-0.2, 0) is 4.74 Å². The maximum Gasteiger partial charge on any atom is 0.0872 e. The molecule has 0 N–H and O–H groups in total. The molecule has 0 aliphatic carbocycles. The fourth-order valence-corrected chi connectivity index (χ4v) is 2.90. The zero-order valence-electron chi connectivity index (χ0n) is 11.6. The van der Waals surface area contributed by atoms with Gasteiger partial charge in [-0.05, 0) is 43.2 Å². The number of alkyl halides is 1. The van der Waals surface area contributed by atoms with Gasteiger partial charge in [-0.2, -0.15) is 0 Å². The van der Waals surface area contributed by atoms with Crippen molar-refractivity contribution in [2.75, 3.05) is 6.61 Å². The Bertz CT molecular complexity index is 379. The standard InChI is InChI=1S/C16H23ClO/c1-4-12(2)13-6-8-14(9-7-13)15(17)16(3)10-5-11-18-16/h6-9,12,15H,4-5,10-11H2,1-3H3. The highest BCUT2D eigenvalue weighted by molar-refractivity contribution is 6.21. The Kier molecular flexibility index (Phi) is 4.34. The zero-order chi connectivity index (χ0) is 13.2. The topological polar surface area (TPSA) is 9.23 Å². The van der Waals surface area contributed by atoms with Gasteiger partial charge in [0, 0.05) is 6.61 Å². The average Bonchev–Trinajstić information content (AvgIpc) is 2.85. The predicted octanol–water partition coefficient (Wildman–Crippen LogP) is 5.05. The third-order valence-electron chi connectivity index (χ3n) is 4.20. The second kappa shape index (κ2) is 5.63. The van der Waals surface area contributed by atoms with E-state index in [9.17, 15) is 0 Å². The van der Waals surface area contributed by atoms with Gasteiger partial charge in [0.05, 0.1) is 11.0 Å². The molecule has 0 radical (unpaired) electrons. The molecule has 0 amide bonds. The van der Waals surface area contributed by atoms with Gasteiger partial charge in [0.15, 0.2) is 0 Å². The van der Waals surface area contributed by atoms with Crippen LogP contribution >= 0.6 is 11.6 Å². The molecule has 100 valence electrons. The van der Waals surface area contributed by atoms with Gasteiger partial charge in [-0.25, -0.2) is 0 Å². The third kappa shape index (κ3) is 2.73. The second-order valence-electron chi connectivity index (χ2n) is 5.60. The van der Waals surface area contributed by atoms with Crippen LogP contribution in [0.3, 0.4) is 0 Å². The number of benzene rings is 1. The normalized spacial score (nSPS) is 27.1. The minimum Gasteiger partial charge on any atom is -0.373 e. The first-order chi connectivity index (χ1) is 8.57. The molecule has 0 spiro atoms. The van der Waals surface area contributed by atoms with Crippen molar-refractivity contribution in [3.63, 3.8) is 0 Å². The van der Waals surface area contributed by atoms with Crippen LogP contribution < -0.4 is 0 Å². The van der Waals surface area contributed by atoms with E-state index in [-0.39, 0.29) is 11.0 Å². The highest BCUT2D eigenvalue weighted by Gasteiger charge is 2.38. The molecule has 1 saturated heterocycles. The number of hydrogen-bond donors (Lipinski definition) is 0. The summed E-state index contributed by atoms with van der Waals surface area (Å²) in [6, 6.07) is 8.73. The van der Waals surface area contributed by atoms with Crippen LogP contribution in [0.25, 0.3) is 0 Å². The first-order valence-corrected chi connectivity index (χ1v) is 7.38. The summed E-state index contributed by atoms with van der Waals surface area (Å²) < 4.78 is 5.82. The summed E-state index contributed by atoms with van der Waals surface area (Å²) >= 11 is 6.59. The summed E-state index contributed by atoms with van der Waals surface area (Å²) in [5.41, 5.74) is 2.37. The molecule has 1 fully saturated rings. The van der Waals surface area contributed by atoms with E-state index in [0.29, 0.717) is 5.92 Å². The molecule has 0 aromatic heterocycles. The first kappa shape index (κ1) is 13.9. The van der Waals surface area contributed by atoms with E-state index >= 15 is 0 Å². The zero-order valence-corrected chi connectivity index (χ0v) is 12.3. The Morgan fingerprint density at radius 2 is 1.89 bits per heavy atom. The largest absolute Gasteiger partial charge is 0.373 e. The Hall–Kier alpha value is -0.530. The lowest BCUT2D eigenvalue weighted by Gasteiger charge is -2.29. The van der Waals surface area contributed by atoms with Crippen LogP contribution in [0.1, 0.15) is 62.5 Å². The first-order valence-electron chi connectivity index (χ1n) is 6.94. The summed E-state index contributed by atoms with van der Waals surface area (Å²) in [5, 5.41) is -0.0500. The maximum absolute atomic E-state index is 6.59. The molecule has 1 aliphatic rings. The van der Waals surface area contributed by atoms with E-state index in [2.05, 4.69) is 45.0 Å². The van der Waals surface area contributed by atoms with Gasteiger partial charge in [-0.15, -0.1) is 11.6 Å². The predicted molar refractivity (Wildman–Crippen MR) is 77.3 cm³/mol. The quantitative estimate of drug-likeness (QED) is 0.693. The van der Waals surface area contributed by atoms with Crippen molar-refractivity contribution in [3.8, 4) is 0 Å². The summed E-state index contributed by atoms with van der Waals surface area (Å²) in [7, 11) is 0. The highest BCUT2D eigenvalue weighted by atomic mass is 35.5. The molecule has 2 rings (SSSR count). The van der Waals surface area contributed by atoms with Crippen molar-refractivity contribution in [2.45, 2.75) is 56.9 Å². The van der Waals surface area contributed by atoms with Crippen molar-refractivity contribution in [2.24, 2.45) is 0 Å². The Balaban J connectivity index is 2.14. The maximum atomic E-state index is 6.59. The third-order valence-corrected chi connectivity index (χ3v) is 4.91. The van der Waals surface area contributed by atoms with Crippen molar-refractivity contribution in [3.05, 3.63) is 35.4 Å². The van der Waals surface area contributed by atoms with Crippen molar-refractivity contribution < 1.29 is 4.74 Å². The Morgan fingerprint density at radius 1 is 1.28 bits per heavy atom. The monoisotopic (exact) mass is 266 g/mol. The minimum absolute atomic E-state index is 0.0500. The van der Waals surface area contributed by atoms with E-state index in [4.69, 9.17) is 16.3 Å². The molecule has 1 aromatic rings. The van der Waals surface area contributed by atoms with Crippen LogP contribution in [0.15, 0.2) is 24.3 Å². The Labute approximate surface area is 115 Å². The van der Waals surface area contributed by atoms with Gasteiger partial charge < -0.3 is 4.74 Å². The average molecular weight is 267 g/mol. The summed E-state index contributed by atoms with van der Waals surface area (Å²) in [4.78, 5) is 0. The molecule has 18 heavy (non-hydrogen) atoms. The SMILES string of the molecule is CCC(C)c1ccc(C(Cl)C2(C)CCCO2)cc1. The van der Waals surface area contributed by atoms with Gasteiger partial charge >= 0.3 is 0 Å². The van der Waals surface area contributed by atoms with Crippen molar-refractivity contribution >= 4 is 11.6 Å². The molecule has 1 aromatic carbocycles. The van der Waals surface area contributed by atoms with E-state index in [1.54, 1.807) is 0 Å². The molecule has 0 saturated carbocycles. The lowest BCUT2D eigenvalue weighted by atomic mass is 9.91. The molecular weight excluding hydrogens is 244 g/mol. The molecule has 1 aliphatic heterocycles. The number of halogens is 1. The number of ether oxygens (including phenoxy) is 1. The summed E-state index contributed by atoms with van der Waals surface area (Å²) in [5.74, 6) is 0.617. The van der Waals surface area contributed by atoms with Crippen molar-refractivity contribution in [1.82, 2.24) is 0 Å². The fourth-order valence-electron chi connectivity index (χ4n) is 2.58.